The van der Waals surface area contributed by atoms with Crippen LogP contribution in [0, 0.1) is 17.7 Å². The van der Waals surface area contributed by atoms with Crippen LogP contribution in [0.2, 0.25) is 0 Å². The van der Waals surface area contributed by atoms with Crippen molar-refractivity contribution in [2.75, 3.05) is 13.2 Å². The van der Waals surface area contributed by atoms with E-state index in [2.05, 4.69) is 22.5 Å². The Kier molecular flexibility index (Phi) is 5.68. The van der Waals surface area contributed by atoms with Crippen LogP contribution in [0.25, 0.3) is 0 Å². The molecular weight excluding hydrogens is 235 g/mol. The molecule has 0 saturated heterocycles. The van der Waals surface area contributed by atoms with E-state index in [-0.39, 0.29) is 19.2 Å². The smallest absolute Gasteiger partial charge is 0.315 e. The normalized spacial score (nSPS) is 9.28. The zero-order valence-electron chi connectivity index (χ0n) is 10.1. The van der Waals surface area contributed by atoms with Crippen molar-refractivity contribution in [1.82, 2.24) is 10.6 Å². The molecule has 0 aliphatic carbocycles. The van der Waals surface area contributed by atoms with E-state index in [1.165, 1.54) is 12.1 Å². The molecular formula is C13H15FN2O2. The highest BCUT2D eigenvalue weighted by molar-refractivity contribution is 5.73. The maximum atomic E-state index is 13.5. The van der Waals surface area contributed by atoms with Gasteiger partial charge in [0.05, 0.1) is 0 Å². The summed E-state index contributed by atoms with van der Waals surface area (Å²) in [7, 11) is 0. The van der Waals surface area contributed by atoms with Crippen LogP contribution < -0.4 is 10.6 Å². The van der Waals surface area contributed by atoms with Crippen molar-refractivity contribution in [1.29, 1.82) is 0 Å². The Bertz CT molecular complexity index is 478. The van der Waals surface area contributed by atoms with Gasteiger partial charge < -0.3 is 15.7 Å². The van der Waals surface area contributed by atoms with E-state index in [0.29, 0.717) is 17.7 Å². The topological polar surface area (TPSA) is 61.4 Å². The van der Waals surface area contributed by atoms with E-state index < -0.39 is 5.82 Å². The van der Waals surface area contributed by atoms with E-state index in [9.17, 15) is 9.18 Å². The summed E-state index contributed by atoms with van der Waals surface area (Å²) in [6, 6.07) is 4.01. The summed E-state index contributed by atoms with van der Waals surface area (Å²) in [5, 5.41) is 13.7. The summed E-state index contributed by atoms with van der Waals surface area (Å²) in [6.07, 6.45) is 0. The lowest BCUT2D eigenvalue weighted by Crippen LogP contribution is -2.34. The van der Waals surface area contributed by atoms with Crippen molar-refractivity contribution in [2.24, 2.45) is 0 Å². The number of carbonyl (C=O) groups is 1. The first-order valence-electron chi connectivity index (χ1n) is 5.57. The van der Waals surface area contributed by atoms with Crippen molar-refractivity contribution in [3.8, 4) is 11.8 Å². The summed E-state index contributed by atoms with van der Waals surface area (Å²) < 4.78 is 13.5. The van der Waals surface area contributed by atoms with Crippen LogP contribution in [-0.4, -0.2) is 24.3 Å². The second-order valence-electron chi connectivity index (χ2n) is 3.48. The molecule has 0 heterocycles. The molecule has 1 rings (SSSR count). The minimum absolute atomic E-state index is 0.0896. The van der Waals surface area contributed by atoms with Gasteiger partial charge in [-0.1, -0.05) is 11.8 Å². The molecule has 3 N–H and O–H groups in total. The quantitative estimate of drug-likeness (QED) is 0.700. The fourth-order valence-electron chi connectivity index (χ4n) is 1.33. The summed E-state index contributed by atoms with van der Waals surface area (Å²) in [4.78, 5) is 11.2. The molecule has 0 unspecified atom stereocenters. The number of rotatable bonds is 3. The fraction of sp³-hybridized carbons (Fsp3) is 0.308. The van der Waals surface area contributed by atoms with Gasteiger partial charge in [-0.15, -0.1) is 0 Å². The molecule has 0 radical (unpaired) electrons. The van der Waals surface area contributed by atoms with Crippen LogP contribution in [0.1, 0.15) is 18.1 Å². The Hall–Kier alpha value is -2.06. The summed E-state index contributed by atoms with van der Waals surface area (Å²) in [5.41, 5.74) is 0.948. The van der Waals surface area contributed by atoms with Crippen LogP contribution in [0.4, 0.5) is 9.18 Å². The molecule has 0 spiro atoms. The highest BCUT2D eigenvalue weighted by Gasteiger charge is 2.04. The van der Waals surface area contributed by atoms with Crippen molar-refractivity contribution in [3.05, 3.63) is 35.1 Å². The third-order valence-corrected chi connectivity index (χ3v) is 2.13. The Morgan fingerprint density at radius 3 is 2.89 bits per heavy atom. The van der Waals surface area contributed by atoms with Crippen molar-refractivity contribution < 1.29 is 14.3 Å². The predicted molar refractivity (Wildman–Crippen MR) is 66.3 cm³/mol. The Morgan fingerprint density at radius 2 is 2.22 bits per heavy atom. The molecule has 96 valence electrons. The van der Waals surface area contributed by atoms with Gasteiger partial charge in [-0.05, 0) is 25.1 Å². The fourth-order valence-corrected chi connectivity index (χ4v) is 1.33. The number of hydrogen-bond donors (Lipinski definition) is 3. The van der Waals surface area contributed by atoms with Gasteiger partial charge in [-0.2, -0.15) is 0 Å². The largest absolute Gasteiger partial charge is 0.384 e. The Labute approximate surface area is 105 Å². The summed E-state index contributed by atoms with van der Waals surface area (Å²) >= 11 is 0. The van der Waals surface area contributed by atoms with Crippen molar-refractivity contribution in [2.45, 2.75) is 13.5 Å². The number of hydrogen-bond acceptors (Lipinski definition) is 2. The monoisotopic (exact) mass is 250 g/mol. The molecule has 4 nitrogen and oxygen atoms in total. The number of halogens is 1. The third-order valence-electron chi connectivity index (χ3n) is 2.13. The lowest BCUT2D eigenvalue weighted by atomic mass is 10.1. The zero-order valence-corrected chi connectivity index (χ0v) is 10.1. The van der Waals surface area contributed by atoms with E-state index in [0.717, 1.165) is 0 Å². The first kappa shape index (κ1) is 14.0. The third kappa shape index (κ3) is 4.44. The number of carbonyl (C=O) groups excluding carboxylic acids is 1. The Morgan fingerprint density at radius 1 is 1.44 bits per heavy atom. The second kappa shape index (κ2) is 7.30. The van der Waals surface area contributed by atoms with Gasteiger partial charge in [0.1, 0.15) is 12.4 Å². The highest BCUT2D eigenvalue weighted by atomic mass is 19.1. The number of urea groups is 1. The maximum absolute atomic E-state index is 13.5. The lowest BCUT2D eigenvalue weighted by Gasteiger charge is -2.07. The van der Waals surface area contributed by atoms with E-state index in [4.69, 9.17) is 5.11 Å². The van der Waals surface area contributed by atoms with Crippen LogP contribution >= 0.6 is 0 Å². The van der Waals surface area contributed by atoms with Crippen molar-refractivity contribution in [3.63, 3.8) is 0 Å². The number of benzene rings is 1. The highest BCUT2D eigenvalue weighted by Crippen LogP contribution is 2.09. The lowest BCUT2D eigenvalue weighted by molar-refractivity contribution is 0.241. The molecule has 0 aromatic heterocycles. The van der Waals surface area contributed by atoms with E-state index in [1.807, 2.05) is 0 Å². The minimum atomic E-state index is -0.402. The van der Waals surface area contributed by atoms with Crippen LogP contribution in [-0.2, 0) is 6.54 Å². The predicted octanol–water partition coefficient (Wildman–Crippen LogP) is 0.989. The standard InChI is InChI=1S/C13H15FN2O2/c1-2-15-13(18)16-9-11-8-10(4-3-7-17)5-6-12(11)14/h5-6,8,17H,2,7,9H2,1H3,(H2,15,16,18). The molecule has 2 amide bonds. The van der Waals surface area contributed by atoms with Crippen LogP contribution in [0.3, 0.4) is 0 Å². The zero-order chi connectivity index (χ0) is 13.4. The minimum Gasteiger partial charge on any atom is -0.384 e. The SMILES string of the molecule is CCNC(=O)NCc1cc(C#CCO)ccc1F. The van der Waals surface area contributed by atoms with Gasteiger partial charge in [0.25, 0.3) is 0 Å². The number of aliphatic hydroxyl groups is 1. The molecule has 1 aromatic rings. The van der Waals surface area contributed by atoms with E-state index in [1.54, 1.807) is 13.0 Å². The van der Waals surface area contributed by atoms with E-state index >= 15 is 0 Å². The number of amides is 2. The Balaban J connectivity index is 2.72. The van der Waals surface area contributed by atoms with Crippen LogP contribution in [0.15, 0.2) is 18.2 Å². The summed E-state index contributed by atoms with van der Waals surface area (Å²) in [5.74, 6) is 4.76. The molecule has 1 aromatic carbocycles. The van der Waals surface area contributed by atoms with Gasteiger partial charge in [-0.3, -0.25) is 0 Å². The number of aliphatic hydroxyl groups excluding tert-OH is 1. The molecule has 0 aliphatic rings. The van der Waals surface area contributed by atoms with Gasteiger partial charge >= 0.3 is 6.03 Å². The molecule has 0 saturated carbocycles. The van der Waals surface area contributed by atoms with Gasteiger partial charge in [0.2, 0.25) is 0 Å². The van der Waals surface area contributed by atoms with Crippen molar-refractivity contribution >= 4 is 6.03 Å². The molecule has 0 fully saturated rings. The molecule has 18 heavy (non-hydrogen) atoms. The molecule has 0 aliphatic heterocycles. The summed E-state index contributed by atoms with van der Waals surface area (Å²) in [6.45, 7) is 2.15. The van der Waals surface area contributed by atoms with Gasteiger partial charge in [0.15, 0.2) is 0 Å². The molecule has 5 heteroatoms. The first-order chi connectivity index (χ1) is 8.67. The first-order valence-corrected chi connectivity index (χ1v) is 5.57. The molecule has 0 atom stereocenters. The number of nitrogens with one attached hydrogen (secondary N) is 2. The maximum Gasteiger partial charge on any atom is 0.315 e. The average Bonchev–Trinajstić information content (AvgIpc) is 2.36. The van der Waals surface area contributed by atoms with Gasteiger partial charge in [0, 0.05) is 24.2 Å². The van der Waals surface area contributed by atoms with Crippen LogP contribution in [0.5, 0.6) is 0 Å². The average molecular weight is 250 g/mol. The van der Waals surface area contributed by atoms with Gasteiger partial charge in [-0.25, -0.2) is 9.18 Å². The second-order valence-corrected chi connectivity index (χ2v) is 3.48. The molecule has 0 bridgehead atoms.